The van der Waals surface area contributed by atoms with Crippen LogP contribution in [0.15, 0.2) is 60.8 Å². The molecule has 5 heteroatoms. The Hall–Kier alpha value is -2.40. The molecule has 0 bridgehead atoms. The summed E-state index contributed by atoms with van der Waals surface area (Å²) in [4.78, 5) is 25.5. The molecule has 0 saturated carbocycles. The van der Waals surface area contributed by atoms with Crippen LogP contribution in [0.3, 0.4) is 0 Å². The smallest absolute Gasteiger partial charge is 0.306 e. The van der Waals surface area contributed by atoms with Gasteiger partial charge in [0, 0.05) is 19.4 Å². The zero-order chi connectivity index (χ0) is 47.7. The Balaban J connectivity index is 4.32. The van der Waals surface area contributed by atoms with Crippen molar-refractivity contribution in [3.8, 4) is 0 Å². The van der Waals surface area contributed by atoms with Crippen LogP contribution in [-0.4, -0.2) is 37.9 Å². The lowest BCUT2D eigenvalue weighted by Crippen LogP contribution is -2.30. The first-order valence-corrected chi connectivity index (χ1v) is 28.8. The van der Waals surface area contributed by atoms with Crippen LogP contribution in [-0.2, 0) is 23.8 Å². The molecular formula is C61H110O5. The van der Waals surface area contributed by atoms with Crippen molar-refractivity contribution in [2.24, 2.45) is 0 Å². The molecule has 0 saturated heterocycles. The van der Waals surface area contributed by atoms with Crippen LogP contribution in [0.2, 0.25) is 0 Å². The summed E-state index contributed by atoms with van der Waals surface area (Å²) in [7, 11) is 0. The first-order valence-electron chi connectivity index (χ1n) is 28.8. The highest BCUT2D eigenvalue weighted by Crippen LogP contribution is 2.16. The van der Waals surface area contributed by atoms with Gasteiger partial charge in [0.15, 0.2) is 6.10 Å². The van der Waals surface area contributed by atoms with Crippen LogP contribution in [0.25, 0.3) is 0 Å². The molecule has 0 radical (unpaired) electrons. The molecule has 0 aromatic rings. The Bertz CT molecular complexity index is 1130. The molecule has 0 heterocycles. The summed E-state index contributed by atoms with van der Waals surface area (Å²) < 4.78 is 17.4. The Morgan fingerprint density at radius 3 is 1.08 bits per heavy atom. The largest absolute Gasteiger partial charge is 0.462 e. The molecule has 0 aromatic heterocycles. The van der Waals surface area contributed by atoms with Crippen molar-refractivity contribution in [3.05, 3.63) is 60.8 Å². The zero-order valence-electron chi connectivity index (χ0n) is 44.2. The summed E-state index contributed by atoms with van der Waals surface area (Å²) in [6, 6.07) is 0. The van der Waals surface area contributed by atoms with E-state index in [2.05, 4.69) is 81.5 Å². The van der Waals surface area contributed by atoms with Gasteiger partial charge in [0.05, 0.1) is 6.61 Å². The molecule has 384 valence electrons. The van der Waals surface area contributed by atoms with Crippen LogP contribution in [0, 0.1) is 0 Å². The lowest BCUT2D eigenvalue weighted by atomic mass is 10.0. The maximum Gasteiger partial charge on any atom is 0.306 e. The third-order valence-electron chi connectivity index (χ3n) is 12.6. The lowest BCUT2D eigenvalue weighted by Gasteiger charge is -2.18. The zero-order valence-corrected chi connectivity index (χ0v) is 44.2. The van der Waals surface area contributed by atoms with Gasteiger partial charge in [0.1, 0.15) is 6.61 Å². The third kappa shape index (κ3) is 54.2. The van der Waals surface area contributed by atoms with Gasteiger partial charge in [0.25, 0.3) is 0 Å². The average Bonchev–Trinajstić information content (AvgIpc) is 3.32. The Morgan fingerprint density at radius 2 is 0.682 bits per heavy atom. The molecule has 0 unspecified atom stereocenters. The summed E-state index contributed by atoms with van der Waals surface area (Å²) in [5.74, 6) is -0.448. The SMILES string of the molecule is CC/C=C\C/C=C\C/C=C\C/C=C\C/C=C\CCCC(=O)OC[C@@H](COCCCCCCCCCCCCCCCCCC)OC(=O)CCCCCCCCCCCCCCCCCCC. The Kier molecular flexibility index (Phi) is 54.9. The number of unbranched alkanes of at least 4 members (excludes halogenated alkanes) is 32. The quantitative estimate of drug-likeness (QED) is 0.0346. The molecule has 1 atom stereocenters. The Labute approximate surface area is 411 Å². The number of rotatable bonds is 53. The molecule has 0 spiro atoms. The number of hydrogen-bond donors (Lipinski definition) is 0. The van der Waals surface area contributed by atoms with Crippen LogP contribution in [0.1, 0.15) is 290 Å². The fourth-order valence-electron chi connectivity index (χ4n) is 8.31. The molecule has 0 aliphatic carbocycles. The second kappa shape index (κ2) is 56.9. The molecule has 0 fully saturated rings. The van der Waals surface area contributed by atoms with E-state index in [4.69, 9.17) is 14.2 Å². The van der Waals surface area contributed by atoms with Crippen LogP contribution >= 0.6 is 0 Å². The fraction of sp³-hybridized carbons (Fsp3) is 0.803. The van der Waals surface area contributed by atoms with E-state index in [9.17, 15) is 9.59 Å². The molecule has 0 N–H and O–H groups in total. The number of esters is 2. The van der Waals surface area contributed by atoms with E-state index in [0.29, 0.717) is 19.4 Å². The molecule has 5 nitrogen and oxygen atoms in total. The van der Waals surface area contributed by atoms with Crippen molar-refractivity contribution in [1.29, 1.82) is 0 Å². The first kappa shape index (κ1) is 63.6. The van der Waals surface area contributed by atoms with Gasteiger partial charge in [-0.3, -0.25) is 9.59 Å². The Morgan fingerprint density at radius 1 is 0.348 bits per heavy atom. The first-order chi connectivity index (χ1) is 32.6. The van der Waals surface area contributed by atoms with Crippen molar-refractivity contribution in [1.82, 2.24) is 0 Å². The molecule has 0 aromatic carbocycles. The van der Waals surface area contributed by atoms with Crippen molar-refractivity contribution in [2.75, 3.05) is 19.8 Å². The van der Waals surface area contributed by atoms with Gasteiger partial charge in [-0.05, 0) is 57.8 Å². The predicted octanol–water partition coefficient (Wildman–Crippen LogP) is 19.7. The van der Waals surface area contributed by atoms with E-state index in [1.807, 2.05) is 0 Å². The highest BCUT2D eigenvalue weighted by atomic mass is 16.6. The van der Waals surface area contributed by atoms with E-state index in [-0.39, 0.29) is 25.2 Å². The van der Waals surface area contributed by atoms with E-state index >= 15 is 0 Å². The fourth-order valence-corrected chi connectivity index (χ4v) is 8.31. The minimum Gasteiger partial charge on any atom is -0.462 e. The van der Waals surface area contributed by atoms with E-state index in [0.717, 1.165) is 70.6 Å². The number of carbonyl (C=O) groups excluding carboxylic acids is 2. The van der Waals surface area contributed by atoms with Crippen molar-refractivity contribution in [2.45, 2.75) is 297 Å². The molecule has 0 rings (SSSR count). The summed E-state index contributed by atoms with van der Waals surface area (Å²) >= 11 is 0. The second-order valence-corrected chi connectivity index (χ2v) is 19.2. The van der Waals surface area contributed by atoms with Gasteiger partial charge in [-0.2, -0.15) is 0 Å². The topological polar surface area (TPSA) is 61.8 Å². The highest BCUT2D eigenvalue weighted by Gasteiger charge is 2.17. The lowest BCUT2D eigenvalue weighted by molar-refractivity contribution is -0.163. The van der Waals surface area contributed by atoms with Gasteiger partial charge in [-0.25, -0.2) is 0 Å². The van der Waals surface area contributed by atoms with Gasteiger partial charge < -0.3 is 14.2 Å². The van der Waals surface area contributed by atoms with Crippen LogP contribution < -0.4 is 0 Å². The molecule has 0 amide bonds. The molecule has 66 heavy (non-hydrogen) atoms. The van der Waals surface area contributed by atoms with Crippen molar-refractivity contribution >= 4 is 11.9 Å². The summed E-state index contributed by atoms with van der Waals surface area (Å²) in [5, 5.41) is 0. The maximum atomic E-state index is 12.9. The summed E-state index contributed by atoms with van der Waals surface area (Å²) in [6.07, 6.45) is 72.5. The molecular weight excluding hydrogens is 813 g/mol. The normalized spacial score (nSPS) is 12.6. The van der Waals surface area contributed by atoms with Crippen LogP contribution in [0.4, 0.5) is 0 Å². The summed E-state index contributed by atoms with van der Waals surface area (Å²) in [5.41, 5.74) is 0. The number of carbonyl (C=O) groups is 2. The van der Waals surface area contributed by atoms with E-state index in [1.54, 1.807) is 0 Å². The van der Waals surface area contributed by atoms with E-state index < -0.39 is 6.10 Å². The predicted molar refractivity (Wildman–Crippen MR) is 288 cm³/mol. The highest BCUT2D eigenvalue weighted by molar-refractivity contribution is 5.70. The average molecular weight is 924 g/mol. The van der Waals surface area contributed by atoms with E-state index in [1.165, 1.54) is 186 Å². The monoisotopic (exact) mass is 923 g/mol. The standard InChI is InChI=1S/C61H110O5/c1-4-7-10-13-16-19-22-25-28-31-33-36-39-42-45-48-51-54-60(62)65-58-59(57-64-56-53-50-47-44-41-38-35-30-27-24-21-18-15-12-9-6-3)66-61(63)55-52-49-46-43-40-37-34-32-29-26-23-20-17-14-11-8-5-2/h7,10,16,19,25,28,33,36,42,45,59H,4-6,8-9,11-15,17-18,20-24,26-27,29-32,34-35,37-41,43-44,46-58H2,1-3H3/b10-7-,19-16-,28-25-,36-33-,45-42-/t59-/m1/s1. The minimum absolute atomic E-state index is 0.0598. The van der Waals surface area contributed by atoms with Crippen LogP contribution in [0.5, 0.6) is 0 Å². The minimum atomic E-state index is -0.556. The number of allylic oxidation sites excluding steroid dienone is 10. The number of ether oxygens (including phenoxy) is 3. The summed E-state index contributed by atoms with van der Waals surface area (Å²) in [6.45, 7) is 7.71. The van der Waals surface area contributed by atoms with Gasteiger partial charge in [-0.15, -0.1) is 0 Å². The van der Waals surface area contributed by atoms with Crippen molar-refractivity contribution in [3.63, 3.8) is 0 Å². The second-order valence-electron chi connectivity index (χ2n) is 19.2. The third-order valence-corrected chi connectivity index (χ3v) is 12.6. The number of hydrogen-bond acceptors (Lipinski definition) is 5. The maximum absolute atomic E-state index is 12.9. The van der Waals surface area contributed by atoms with Gasteiger partial charge in [-0.1, -0.05) is 281 Å². The molecule has 0 aliphatic heterocycles. The van der Waals surface area contributed by atoms with Gasteiger partial charge >= 0.3 is 11.9 Å². The van der Waals surface area contributed by atoms with Crippen molar-refractivity contribution < 1.29 is 23.8 Å². The molecule has 0 aliphatic rings. The van der Waals surface area contributed by atoms with Gasteiger partial charge in [0.2, 0.25) is 0 Å².